The van der Waals surface area contributed by atoms with E-state index < -0.39 is 58.0 Å². The van der Waals surface area contributed by atoms with Crippen molar-refractivity contribution in [3.8, 4) is 34.3 Å². The molecule has 22 heteroatoms. The van der Waals surface area contributed by atoms with Crippen molar-refractivity contribution in [3.63, 3.8) is 0 Å². The summed E-state index contributed by atoms with van der Waals surface area (Å²) < 4.78 is 116. The molecule has 0 bridgehead atoms. The molecular formula is C64H54Cl2F6N6O8. The molecule has 0 saturated carbocycles. The van der Waals surface area contributed by atoms with Gasteiger partial charge in [-0.2, -0.15) is 0 Å². The summed E-state index contributed by atoms with van der Waals surface area (Å²) in [6, 6.07) is 31.0. The third kappa shape index (κ3) is 14.5. The fourth-order valence-corrected chi connectivity index (χ4v) is 9.49. The van der Waals surface area contributed by atoms with Crippen molar-refractivity contribution in [2.24, 2.45) is 0 Å². The number of aromatic nitrogens is 6. The standard InChI is InChI=1S/2C32H27ClF3N3O4/c2*1-32(2,42-3)17-39-28-12-18(31(40)41)8-10-27(28)37-29(39)13-20-11-25(36)22(15-24(20)35)26-5-4-6-30(38-26)43-16-19-7-9-21(33)14-23(19)34/h2*4-12,14-15H,13,16-17H2,1-3H3,(H,40,41). The second kappa shape index (κ2) is 25.8. The molecule has 0 fully saturated rings. The first-order valence-electron chi connectivity index (χ1n) is 26.5. The molecule has 0 radical (unpaired) electrons. The van der Waals surface area contributed by atoms with Gasteiger partial charge in [0.15, 0.2) is 0 Å². The van der Waals surface area contributed by atoms with Crippen LogP contribution in [-0.2, 0) is 48.6 Å². The molecule has 0 aliphatic rings. The minimum atomic E-state index is -1.09. The largest absolute Gasteiger partial charge is 0.478 e. The molecule has 10 rings (SSSR count). The lowest BCUT2D eigenvalue weighted by molar-refractivity contribution is 0.00823. The lowest BCUT2D eigenvalue weighted by Gasteiger charge is -2.25. The number of hydrogen-bond donors (Lipinski definition) is 2. The molecule has 444 valence electrons. The van der Waals surface area contributed by atoms with Gasteiger partial charge in [-0.05, 0) is 136 Å². The summed E-state index contributed by atoms with van der Waals surface area (Å²) in [5.41, 5.74) is 1.68. The van der Waals surface area contributed by atoms with Gasteiger partial charge in [0.1, 0.15) is 59.8 Å². The van der Waals surface area contributed by atoms with Crippen molar-refractivity contribution in [1.29, 1.82) is 0 Å². The molecule has 10 aromatic rings. The van der Waals surface area contributed by atoms with Gasteiger partial charge in [0.2, 0.25) is 11.8 Å². The third-order valence-corrected chi connectivity index (χ3v) is 14.6. The first-order chi connectivity index (χ1) is 40.9. The third-order valence-electron chi connectivity index (χ3n) is 14.1. The first kappa shape index (κ1) is 61.7. The number of fused-ring (bicyclic) bond motifs is 2. The van der Waals surface area contributed by atoms with Crippen molar-refractivity contribution >= 4 is 57.2 Å². The molecule has 6 aromatic carbocycles. The van der Waals surface area contributed by atoms with E-state index in [4.69, 9.17) is 42.1 Å². The van der Waals surface area contributed by atoms with Gasteiger partial charge in [-0.25, -0.2) is 55.9 Å². The number of rotatable bonds is 20. The highest BCUT2D eigenvalue weighted by atomic mass is 35.5. The smallest absolute Gasteiger partial charge is 0.335 e. The van der Waals surface area contributed by atoms with Gasteiger partial charge < -0.3 is 38.3 Å². The van der Waals surface area contributed by atoms with E-state index in [0.29, 0.717) is 33.7 Å². The Morgan fingerprint density at radius 2 is 0.860 bits per heavy atom. The number of carboxylic acid groups (broad SMARTS) is 2. The average Bonchev–Trinajstić information content (AvgIpc) is 1.79. The highest BCUT2D eigenvalue weighted by molar-refractivity contribution is 6.30. The van der Waals surface area contributed by atoms with Crippen LogP contribution in [-0.4, -0.2) is 76.6 Å². The number of carboxylic acids is 2. The molecule has 86 heavy (non-hydrogen) atoms. The highest BCUT2D eigenvalue weighted by Crippen LogP contribution is 2.32. The van der Waals surface area contributed by atoms with Crippen molar-refractivity contribution in [2.75, 3.05) is 14.2 Å². The van der Waals surface area contributed by atoms with Crippen LogP contribution in [0.5, 0.6) is 11.8 Å². The van der Waals surface area contributed by atoms with E-state index in [0.717, 1.165) is 24.3 Å². The van der Waals surface area contributed by atoms with Gasteiger partial charge in [0, 0.05) is 71.5 Å². The Morgan fingerprint density at radius 1 is 0.477 bits per heavy atom. The molecule has 0 aliphatic carbocycles. The Balaban J connectivity index is 0.000000205. The maximum Gasteiger partial charge on any atom is 0.335 e. The zero-order chi connectivity index (χ0) is 61.8. The first-order valence-corrected chi connectivity index (χ1v) is 27.2. The van der Waals surface area contributed by atoms with Crippen LogP contribution in [0.15, 0.2) is 133 Å². The van der Waals surface area contributed by atoms with Crippen LogP contribution in [0.4, 0.5) is 26.3 Å². The predicted molar refractivity (Wildman–Crippen MR) is 312 cm³/mol. The van der Waals surface area contributed by atoms with Crippen molar-refractivity contribution in [1.82, 2.24) is 29.1 Å². The average molecular weight is 1220 g/mol. The van der Waals surface area contributed by atoms with Crippen molar-refractivity contribution < 1.29 is 65.1 Å². The molecule has 0 aliphatic heterocycles. The van der Waals surface area contributed by atoms with E-state index in [1.807, 2.05) is 27.7 Å². The van der Waals surface area contributed by atoms with Crippen LogP contribution >= 0.6 is 23.2 Å². The molecule has 14 nitrogen and oxygen atoms in total. The topological polar surface area (TPSA) is 173 Å². The van der Waals surface area contributed by atoms with Crippen LogP contribution in [0.2, 0.25) is 10.0 Å². The molecule has 4 heterocycles. The molecule has 4 aromatic heterocycles. The lowest BCUT2D eigenvalue weighted by Crippen LogP contribution is -2.30. The van der Waals surface area contributed by atoms with Crippen molar-refractivity contribution in [2.45, 2.75) is 78.0 Å². The maximum atomic E-state index is 15.5. The van der Waals surface area contributed by atoms with E-state index in [9.17, 15) is 28.6 Å². The number of imidazole rings is 2. The molecule has 0 spiro atoms. The Kier molecular flexibility index (Phi) is 18.5. The van der Waals surface area contributed by atoms with Gasteiger partial charge in [-0.1, -0.05) is 47.5 Å². The molecule has 2 N–H and O–H groups in total. The lowest BCUT2D eigenvalue weighted by atomic mass is 10.0. The Labute approximate surface area is 499 Å². The van der Waals surface area contributed by atoms with Gasteiger partial charge in [-0.3, -0.25) is 0 Å². The van der Waals surface area contributed by atoms with E-state index in [1.165, 1.54) is 84.9 Å². The van der Waals surface area contributed by atoms with E-state index >= 15 is 17.6 Å². The SMILES string of the molecule is COC(C)(C)Cn1c(Cc2cc(F)c(-c3cccc(OCc4ccc(Cl)cc4F)n3)cc2F)nc2ccc(C(=O)O)cc21.COC(C)(C)Cn1c(Cc2cc(F)c(-c3cccc(OCc4ccc(Cl)cc4F)n3)cc2F)nc2ccc(C(=O)O)cc21. The highest BCUT2D eigenvalue weighted by Gasteiger charge is 2.26. The molecular weight excluding hydrogens is 1170 g/mol. The zero-order valence-corrected chi connectivity index (χ0v) is 48.5. The number of methoxy groups -OCH3 is 2. The summed E-state index contributed by atoms with van der Waals surface area (Å²) in [5.74, 6) is -4.99. The quantitative estimate of drug-likeness (QED) is 0.0693. The van der Waals surface area contributed by atoms with E-state index in [-0.39, 0.29) is 117 Å². The fourth-order valence-electron chi connectivity index (χ4n) is 9.18. The number of nitrogens with zero attached hydrogens (tertiary/aromatic N) is 6. The van der Waals surface area contributed by atoms with Crippen LogP contribution in [0, 0.1) is 34.9 Å². The molecule has 0 unspecified atom stereocenters. The summed E-state index contributed by atoms with van der Waals surface area (Å²) in [6.45, 7) is 7.73. The van der Waals surface area contributed by atoms with Crippen LogP contribution in [0.25, 0.3) is 44.6 Å². The number of pyridine rings is 2. The number of benzene rings is 6. The van der Waals surface area contributed by atoms with Gasteiger partial charge in [0.05, 0.1) is 68.9 Å². The monoisotopic (exact) mass is 1220 g/mol. The summed E-state index contributed by atoms with van der Waals surface area (Å²) in [6.07, 6.45) is -0.133. The van der Waals surface area contributed by atoms with Crippen LogP contribution < -0.4 is 9.47 Å². The van der Waals surface area contributed by atoms with E-state index in [1.54, 1.807) is 47.6 Å². The number of carbonyl (C=O) groups is 2. The number of hydrogen-bond acceptors (Lipinski definition) is 10. The molecule has 0 atom stereocenters. The Morgan fingerprint density at radius 3 is 1.22 bits per heavy atom. The molecule has 0 amide bonds. The zero-order valence-electron chi connectivity index (χ0n) is 47.0. The predicted octanol–water partition coefficient (Wildman–Crippen LogP) is 14.9. The maximum absolute atomic E-state index is 15.5. The second-order valence-corrected chi connectivity index (χ2v) is 22.0. The summed E-state index contributed by atoms with van der Waals surface area (Å²) in [4.78, 5) is 41.0. The van der Waals surface area contributed by atoms with Gasteiger partial charge in [0.25, 0.3) is 0 Å². The summed E-state index contributed by atoms with van der Waals surface area (Å²) in [5, 5.41) is 19.5. The molecule has 0 saturated heterocycles. The van der Waals surface area contributed by atoms with Gasteiger partial charge >= 0.3 is 11.9 Å². The van der Waals surface area contributed by atoms with Crippen LogP contribution in [0.1, 0.15) is 82.3 Å². The van der Waals surface area contributed by atoms with E-state index in [2.05, 4.69) is 19.9 Å². The minimum absolute atomic E-state index is 0.0529. The Hall–Kier alpha value is -8.82. The van der Waals surface area contributed by atoms with Gasteiger partial charge in [-0.15, -0.1) is 0 Å². The summed E-state index contributed by atoms with van der Waals surface area (Å²) in [7, 11) is 3.11. The number of halogens is 8. The fraction of sp³-hybridized carbons (Fsp3) is 0.219. The number of ether oxygens (including phenoxy) is 4. The normalized spacial score (nSPS) is 11.7. The second-order valence-electron chi connectivity index (χ2n) is 21.1. The van der Waals surface area contributed by atoms with Crippen molar-refractivity contribution in [3.05, 3.63) is 223 Å². The summed E-state index contributed by atoms with van der Waals surface area (Å²) >= 11 is 11.6. The minimum Gasteiger partial charge on any atom is -0.478 e. The Bertz CT molecular complexity index is 3950. The number of aromatic carboxylic acids is 2. The van der Waals surface area contributed by atoms with Crippen LogP contribution in [0.3, 0.4) is 0 Å².